The zero-order valence-electron chi connectivity index (χ0n) is 10.3. The highest BCUT2D eigenvalue weighted by Crippen LogP contribution is 2.22. The van der Waals surface area contributed by atoms with Crippen LogP contribution in [0.3, 0.4) is 0 Å². The Morgan fingerprint density at radius 2 is 1.94 bits per heavy atom. The second-order valence-electron chi connectivity index (χ2n) is 3.84. The first kappa shape index (κ1) is 14.8. The molecule has 0 radical (unpaired) electrons. The molecule has 0 saturated carbocycles. The van der Waals surface area contributed by atoms with Gasteiger partial charge in [-0.3, -0.25) is 4.72 Å². The number of anilines is 1. The fraction of sp³-hybridized carbons (Fsp3) is 0.455. The van der Waals surface area contributed by atoms with Crippen LogP contribution < -0.4 is 10.0 Å². The first-order valence-electron chi connectivity index (χ1n) is 5.53. The molecule has 0 aromatic heterocycles. The summed E-state index contributed by atoms with van der Waals surface area (Å²) in [4.78, 5) is 0. The zero-order valence-corrected chi connectivity index (χ0v) is 11.1. The maximum Gasteiger partial charge on any atom is 0.232 e. The Morgan fingerprint density at radius 3 is 2.50 bits per heavy atom. The quantitative estimate of drug-likeness (QED) is 0.834. The molecule has 0 spiro atoms. The Labute approximate surface area is 105 Å². The second kappa shape index (κ2) is 6.10. The molecule has 0 aliphatic heterocycles. The molecular formula is C11H16F2N2O2S. The third-order valence-corrected chi connectivity index (χ3v) is 3.75. The van der Waals surface area contributed by atoms with Crippen LogP contribution in [0.4, 0.5) is 14.5 Å². The summed E-state index contributed by atoms with van der Waals surface area (Å²) in [5.74, 6) is -1.70. The van der Waals surface area contributed by atoms with E-state index >= 15 is 0 Å². The molecule has 1 aromatic carbocycles. The van der Waals surface area contributed by atoms with E-state index in [1.165, 1.54) is 0 Å². The number of sulfonamides is 1. The monoisotopic (exact) mass is 278 g/mol. The van der Waals surface area contributed by atoms with Crippen molar-refractivity contribution in [2.45, 2.75) is 19.9 Å². The molecule has 0 unspecified atom stereocenters. The number of hydrogen-bond donors (Lipinski definition) is 2. The molecule has 102 valence electrons. The predicted molar refractivity (Wildman–Crippen MR) is 66.8 cm³/mol. The van der Waals surface area contributed by atoms with Crippen LogP contribution in [0, 0.1) is 11.6 Å². The van der Waals surface area contributed by atoms with Crippen molar-refractivity contribution in [1.82, 2.24) is 5.32 Å². The van der Waals surface area contributed by atoms with E-state index in [2.05, 4.69) is 10.0 Å². The SMILES string of the molecule is CCCS(=O)(=O)Nc1ccc(F)c(CNC)c1F. The van der Waals surface area contributed by atoms with Gasteiger partial charge in [-0.2, -0.15) is 0 Å². The summed E-state index contributed by atoms with van der Waals surface area (Å²) in [6.45, 7) is 1.69. The molecule has 1 aromatic rings. The van der Waals surface area contributed by atoms with Crippen molar-refractivity contribution in [3.05, 3.63) is 29.3 Å². The van der Waals surface area contributed by atoms with Crippen LogP contribution >= 0.6 is 0 Å². The van der Waals surface area contributed by atoms with E-state index in [4.69, 9.17) is 0 Å². The van der Waals surface area contributed by atoms with Crippen molar-refractivity contribution in [2.75, 3.05) is 17.5 Å². The van der Waals surface area contributed by atoms with Gasteiger partial charge >= 0.3 is 0 Å². The summed E-state index contributed by atoms with van der Waals surface area (Å²) in [6, 6.07) is 2.12. The number of rotatable bonds is 6. The van der Waals surface area contributed by atoms with Gasteiger partial charge in [0.05, 0.1) is 11.4 Å². The van der Waals surface area contributed by atoms with E-state index in [1.54, 1.807) is 14.0 Å². The van der Waals surface area contributed by atoms with Gasteiger partial charge in [0.2, 0.25) is 10.0 Å². The average Bonchev–Trinajstić information content (AvgIpc) is 2.28. The van der Waals surface area contributed by atoms with Crippen LogP contribution in [-0.2, 0) is 16.6 Å². The van der Waals surface area contributed by atoms with Crippen molar-refractivity contribution in [3.63, 3.8) is 0 Å². The van der Waals surface area contributed by atoms with Gasteiger partial charge in [0.25, 0.3) is 0 Å². The molecule has 0 heterocycles. The van der Waals surface area contributed by atoms with Crippen molar-refractivity contribution in [2.24, 2.45) is 0 Å². The molecular weight excluding hydrogens is 262 g/mol. The van der Waals surface area contributed by atoms with Crippen LogP contribution in [0.2, 0.25) is 0 Å². The lowest BCUT2D eigenvalue weighted by Gasteiger charge is -2.11. The summed E-state index contributed by atoms with van der Waals surface area (Å²) in [5.41, 5.74) is -0.413. The molecule has 0 aliphatic rings. The highest BCUT2D eigenvalue weighted by Gasteiger charge is 2.17. The largest absolute Gasteiger partial charge is 0.315 e. The first-order chi connectivity index (χ1) is 8.41. The van der Waals surface area contributed by atoms with E-state index in [0.717, 1.165) is 12.1 Å². The minimum absolute atomic E-state index is 0.0129. The van der Waals surface area contributed by atoms with Gasteiger partial charge < -0.3 is 5.32 Å². The lowest BCUT2D eigenvalue weighted by Crippen LogP contribution is -2.18. The standard InChI is InChI=1S/C11H16F2N2O2S/c1-3-6-18(16,17)15-10-5-4-9(12)8(7-14-2)11(10)13/h4-5,14-15H,3,6-7H2,1-2H3. The average molecular weight is 278 g/mol. The first-order valence-corrected chi connectivity index (χ1v) is 7.18. The molecule has 2 N–H and O–H groups in total. The lowest BCUT2D eigenvalue weighted by molar-refractivity contribution is 0.548. The van der Waals surface area contributed by atoms with Gasteiger partial charge in [-0.25, -0.2) is 17.2 Å². The summed E-state index contributed by atoms with van der Waals surface area (Å²) in [7, 11) is -2.04. The van der Waals surface area contributed by atoms with E-state index in [0.29, 0.717) is 6.42 Å². The molecule has 0 amide bonds. The predicted octanol–water partition coefficient (Wildman–Crippen LogP) is 1.84. The number of halogens is 2. The summed E-state index contributed by atoms with van der Waals surface area (Å²) < 4.78 is 52.4. The van der Waals surface area contributed by atoms with Crippen LogP contribution in [0.15, 0.2) is 12.1 Å². The Kier molecular flexibility index (Phi) is 5.03. The zero-order chi connectivity index (χ0) is 13.8. The Balaban J connectivity index is 3.08. The van der Waals surface area contributed by atoms with Gasteiger partial charge in [0.15, 0.2) is 5.82 Å². The van der Waals surface area contributed by atoms with Gasteiger partial charge in [-0.15, -0.1) is 0 Å². The topological polar surface area (TPSA) is 58.2 Å². The molecule has 0 bridgehead atoms. The number of hydrogen-bond acceptors (Lipinski definition) is 3. The fourth-order valence-electron chi connectivity index (χ4n) is 1.50. The van der Waals surface area contributed by atoms with Crippen molar-refractivity contribution in [3.8, 4) is 0 Å². The minimum atomic E-state index is -3.58. The van der Waals surface area contributed by atoms with E-state index in [-0.39, 0.29) is 23.5 Å². The van der Waals surface area contributed by atoms with Gasteiger partial charge in [-0.1, -0.05) is 6.92 Å². The Hall–Kier alpha value is -1.21. The normalized spacial score (nSPS) is 11.6. The molecule has 18 heavy (non-hydrogen) atoms. The van der Waals surface area contributed by atoms with Crippen LogP contribution in [-0.4, -0.2) is 21.2 Å². The number of benzene rings is 1. The molecule has 1 rings (SSSR count). The fourth-order valence-corrected chi connectivity index (χ4v) is 2.63. The van der Waals surface area contributed by atoms with E-state index in [1.807, 2.05) is 0 Å². The molecule has 4 nitrogen and oxygen atoms in total. The molecule has 0 aliphatic carbocycles. The summed E-state index contributed by atoms with van der Waals surface area (Å²) in [5, 5.41) is 2.62. The van der Waals surface area contributed by atoms with Gasteiger partial charge in [0.1, 0.15) is 5.82 Å². The smallest absolute Gasteiger partial charge is 0.232 e. The third kappa shape index (κ3) is 3.64. The maximum atomic E-state index is 13.9. The van der Waals surface area contributed by atoms with E-state index < -0.39 is 21.7 Å². The Morgan fingerprint density at radius 1 is 1.28 bits per heavy atom. The molecule has 0 saturated heterocycles. The third-order valence-electron chi connectivity index (χ3n) is 2.28. The second-order valence-corrected chi connectivity index (χ2v) is 5.68. The maximum absolute atomic E-state index is 13.9. The van der Waals surface area contributed by atoms with Gasteiger partial charge in [-0.05, 0) is 25.6 Å². The highest BCUT2D eigenvalue weighted by molar-refractivity contribution is 7.92. The lowest BCUT2D eigenvalue weighted by atomic mass is 10.1. The van der Waals surface area contributed by atoms with Crippen molar-refractivity contribution < 1.29 is 17.2 Å². The summed E-state index contributed by atoms with van der Waals surface area (Å²) >= 11 is 0. The molecule has 0 atom stereocenters. The number of nitrogens with one attached hydrogen (secondary N) is 2. The van der Waals surface area contributed by atoms with E-state index in [9.17, 15) is 17.2 Å². The highest BCUT2D eigenvalue weighted by atomic mass is 32.2. The Bertz CT molecular complexity index is 518. The van der Waals surface area contributed by atoms with Crippen LogP contribution in [0.1, 0.15) is 18.9 Å². The van der Waals surface area contributed by atoms with Crippen LogP contribution in [0.5, 0.6) is 0 Å². The summed E-state index contributed by atoms with van der Waals surface area (Å²) in [6.07, 6.45) is 0.418. The van der Waals surface area contributed by atoms with Crippen LogP contribution in [0.25, 0.3) is 0 Å². The van der Waals surface area contributed by atoms with Crippen molar-refractivity contribution in [1.29, 1.82) is 0 Å². The molecule has 7 heteroatoms. The van der Waals surface area contributed by atoms with Gasteiger partial charge in [0, 0.05) is 12.1 Å². The molecule has 0 fully saturated rings. The minimum Gasteiger partial charge on any atom is -0.315 e. The van der Waals surface area contributed by atoms with Crippen molar-refractivity contribution >= 4 is 15.7 Å².